The van der Waals surface area contributed by atoms with Crippen LogP contribution < -0.4 is 0 Å². The van der Waals surface area contributed by atoms with Gasteiger partial charge < -0.3 is 14.9 Å². The molecule has 2 atom stereocenters. The Hall–Kier alpha value is -1.02. The van der Waals surface area contributed by atoms with Crippen LogP contribution >= 0.6 is 0 Å². The highest BCUT2D eigenvalue weighted by molar-refractivity contribution is 5.82. The summed E-state index contributed by atoms with van der Waals surface area (Å²) in [4.78, 5) is 32.6. The minimum Gasteiger partial charge on any atom is -0.480 e. The Kier molecular flexibility index (Phi) is 8.98. The molecule has 2 bridgehead atoms. The van der Waals surface area contributed by atoms with Crippen molar-refractivity contribution in [3.63, 3.8) is 0 Å². The monoisotopic (exact) mass is 368 g/mol. The van der Waals surface area contributed by atoms with Crippen LogP contribution in [-0.4, -0.2) is 115 Å². The number of rotatable bonds is 5. The van der Waals surface area contributed by atoms with E-state index in [0.29, 0.717) is 12.3 Å². The Morgan fingerprint density at radius 2 is 1.19 bits per heavy atom. The highest BCUT2D eigenvalue weighted by Gasteiger charge is 2.20. The van der Waals surface area contributed by atoms with Gasteiger partial charge in [0.05, 0.1) is 13.1 Å². The van der Waals surface area contributed by atoms with Gasteiger partial charge in [0.2, 0.25) is 0 Å². The molecule has 2 saturated heterocycles. The maximum absolute atomic E-state index is 12.2. The molecule has 2 rings (SSSR count). The first-order chi connectivity index (χ1) is 12.4. The van der Waals surface area contributed by atoms with Crippen LogP contribution in [0.5, 0.6) is 0 Å². The van der Waals surface area contributed by atoms with E-state index in [-0.39, 0.29) is 12.5 Å². The fourth-order valence-electron chi connectivity index (χ4n) is 3.69. The van der Waals surface area contributed by atoms with Gasteiger partial charge in [0.25, 0.3) is 0 Å². The number of carboxylic acids is 1. The Morgan fingerprint density at radius 1 is 0.731 bits per heavy atom. The van der Waals surface area contributed by atoms with E-state index >= 15 is 0 Å². The first-order valence-corrected chi connectivity index (χ1v) is 10.1. The Bertz CT molecular complexity index is 458. The van der Waals surface area contributed by atoms with Crippen molar-refractivity contribution in [2.45, 2.75) is 26.7 Å². The summed E-state index contributed by atoms with van der Waals surface area (Å²) >= 11 is 0. The van der Waals surface area contributed by atoms with Gasteiger partial charge in [-0.15, -0.1) is 0 Å². The summed E-state index contributed by atoms with van der Waals surface area (Å²) in [6, 6.07) is 0. The van der Waals surface area contributed by atoms with Crippen molar-refractivity contribution < 1.29 is 14.7 Å². The second-order valence-electron chi connectivity index (χ2n) is 7.96. The van der Waals surface area contributed by atoms with E-state index in [2.05, 4.69) is 19.6 Å². The summed E-state index contributed by atoms with van der Waals surface area (Å²) in [6.07, 6.45) is 2.06. The van der Waals surface area contributed by atoms with Crippen LogP contribution in [0.2, 0.25) is 0 Å². The molecule has 7 nitrogen and oxygen atoms in total. The number of ketones is 1. The maximum Gasteiger partial charge on any atom is 0.317 e. The fourth-order valence-corrected chi connectivity index (χ4v) is 3.69. The third-order valence-corrected chi connectivity index (χ3v) is 5.48. The number of aliphatic carboxylic acids is 1. The van der Waals surface area contributed by atoms with Gasteiger partial charge >= 0.3 is 5.97 Å². The van der Waals surface area contributed by atoms with Gasteiger partial charge in [0.15, 0.2) is 0 Å². The molecular weight excluding hydrogens is 332 g/mol. The lowest BCUT2D eigenvalue weighted by Gasteiger charge is -2.35. The average molecular weight is 369 g/mol. The molecule has 2 heterocycles. The topological polar surface area (TPSA) is 67.3 Å². The predicted octanol–water partition coefficient (Wildman–Crippen LogP) is 0.312. The molecule has 0 aromatic rings. The number of hydrogen-bond donors (Lipinski definition) is 1. The van der Waals surface area contributed by atoms with Gasteiger partial charge in [-0.3, -0.25) is 19.4 Å². The van der Waals surface area contributed by atoms with E-state index in [4.69, 9.17) is 5.11 Å². The molecule has 0 aliphatic carbocycles. The summed E-state index contributed by atoms with van der Waals surface area (Å²) in [7, 11) is 0. The van der Waals surface area contributed by atoms with E-state index in [1.165, 1.54) is 0 Å². The molecule has 0 amide bonds. The van der Waals surface area contributed by atoms with E-state index in [1.807, 2.05) is 13.8 Å². The van der Waals surface area contributed by atoms with Crippen LogP contribution in [0.4, 0.5) is 0 Å². The Balaban J connectivity index is 1.96. The van der Waals surface area contributed by atoms with Gasteiger partial charge in [-0.1, -0.05) is 13.8 Å². The molecule has 0 aromatic heterocycles. The van der Waals surface area contributed by atoms with Crippen molar-refractivity contribution >= 4 is 11.8 Å². The van der Waals surface area contributed by atoms with Crippen molar-refractivity contribution in [3.8, 4) is 0 Å². The predicted molar refractivity (Wildman–Crippen MR) is 102 cm³/mol. The van der Waals surface area contributed by atoms with Crippen molar-refractivity contribution in [3.05, 3.63) is 0 Å². The third-order valence-electron chi connectivity index (χ3n) is 5.48. The number of hydrogen-bond acceptors (Lipinski definition) is 6. The van der Waals surface area contributed by atoms with Crippen molar-refractivity contribution in [1.29, 1.82) is 0 Å². The molecule has 2 fully saturated rings. The van der Waals surface area contributed by atoms with Crippen LogP contribution in [0.3, 0.4) is 0 Å². The maximum atomic E-state index is 12.2. The lowest BCUT2D eigenvalue weighted by Crippen LogP contribution is -2.48. The number of carbonyl (C=O) groups is 2. The number of carbonyl (C=O) groups excluding carboxylic acids is 1. The summed E-state index contributed by atoms with van der Waals surface area (Å²) in [5.41, 5.74) is 0. The molecular formula is C19H36N4O3. The molecule has 150 valence electrons. The van der Waals surface area contributed by atoms with Crippen LogP contribution in [0.15, 0.2) is 0 Å². The van der Waals surface area contributed by atoms with Gasteiger partial charge in [0.1, 0.15) is 5.78 Å². The number of nitrogens with zero attached hydrogens (tertiary/aromatic N) is 4. The van der Waals surface area contributed by atoms with Crippen LogP contribution in [0.25, 0.3) is 0 Å². The Morgan fingerprint density at radius 3 is 1.65 bits per heavy atom. The van der Waals surface area contributed by atoms with Crippen molar-refractivity contribution in [2.24, 2.45) is 5.92 Å². The summed E-state index contributed by atoms with van der Waals surface area (Å²) in [5.74, 6) is -0.309. The zero-order chi connectivity index (χ0) is 18.9. The molecule has 7 heteroatoms. The normalized spacial score (nSPS) is 27.3. The largest absolute Gasteiger partial charge is 0.480 e. The lowest BCUT2D eigenvalue weighted by molar-refractivity contribution is -0.138. The minimum atomic E-state index is -0.739. The van der Waals surface area contributed by atoms with Crippen LogP contribution in [0.1, 0.15) is 26.7 Å². The number of fused-ring (bicyclic) bond motifs is 3. The molecule has 2 unspecified atom stereocenters. The molecule has 1 N–H and O–H groups in total. The Labute approximate surface area is 157 Å². The summed E-state index contributed by atoms with van der Waals surface area (Å²) < 4.78 is 0. The zero-order valence-corrected chi connectivity index (χ0v) is 16.5. The molecule has 0 spiro atoms. The number of carboxylic acid groups (broad SMARTS) is 1. The van der Waals surface area contributed by atoms with E-state index < -0.39 is 5.97 Å². The smallest absolute Gasteiger partial charge is 0.317 e. The molecule has 0 saturated carbocycles. The van der Waals surface area contributed by atoms with Gasteiger partial charge in [0, 0.05) is 51.7 Å². The first kappa shape index (κ1) is 21.3. The minimum absolute atomic E-state index is 0.101. The van der Waals surface area contributed by atoms with Crippen LogP contribution in [0, 0.1) is 5.92 Å². The zero-order valence-electron chi connectivity index (χ0n) is 16.5. The highest BCUT2D eigenvalue weighted by atomic mass is 16.4. The fraction of sp³-hybridized carbons (Fsp3) is 0.895. The molecule has 26 heavy (non-hydrogen) atoms. The SMILES string of the molecule is CC(C)C(=O)CN1CCCN2CCN(CCCN(CC(=O)O)CC2)CC1. The summed E-state index contributed by atoms with van der Waals surface area (Å²) in [6.45, 7) is 14.3. The average Bonchev–Trinajstić information content (AvgIpc) is 2.59. The van der Waals surface area contributed by atoms with Gasteiger partial charge in [-0.25, -0.2) is 0 Å². The molecule has 0 radical (unpaired) electrons. The third kappa shape index (κ3) is 7.70. The quantitative estimate of drug-likeness (QED) is 0.749. The second-order valence-corrected chi connectivity index (χ2v) is 7.96. The van der Waals surface area contributed by atoms with E-state index in [9.17, 15) is 9.59 Å². The first-order valence-electron chi connectivity index (χ1n) is 10.1. The van der Waals surface area contributed by atoms with Crippen molar-refractivity contribution in [2.75, 3.05) is 78.5 Å². The highest BCUT2D eigenvalue weighted by Crippen LogP contribution is 2.07. The molecule has 2 aliphatic heterocycles. The van der Waals surface area contributed by atoms with Crippen molar-refractivity contribution in [1.82, 2.24) is 19.6 Å². The summed E-state index contributed by atoms with van der Waals surface area (Å²) in [5, 5.41) is 9.11. The van der Waals surface area contributed by atoms with E-state index in [0.717, 1.165) is 78.3 Å². The van der Waals surface area contributed by atoms with Gasteiger partial charge in [-0.2, -0.15) is 0 Å². The lowest BCUT2D eigenvalue weighted by atomic mass is 10.1. The van der Waals surface area contributed by atoms with Crippen LogP contribution in [-0.2, 0) is 9.59 Å². The second kappa shape index (κ2) is 11.0. The molecule has 2 aliphatic rings. The van der Waals surface area contributed by atoms with E-state index in [1.54, 1.807) is 0 Å². The number of Topliss-reactive ketones (excluding diaryl/α,β-unsaturated/α-hetero) is 1. The van der Waals surface area contributed by atoms with Gasteiger partial charge in [-0.05, 0) is 32.5 Å². The standard InChI is InChI=1S/C19H36N4O3/c1-17(2)18(24)15-22-7-3-5-21-10-9-20(11-13-22)6-4-8-23(14-12-21)16-19(25)26/h17H,3-16H2,1-2H3,(H,25,26). The molecule has 0 aromatic carbocycles.